The number of pyridine rings is 1. The summed E-state index contributed by atoms with van der Waals surface area (Å²) < 4.78 is 0. The zero-order valence-electron chi connectivity index (χ0n) is 10.3. The van der Waals surface area contributed by atoms with Crippen molar-refractivity contribution >= 4 is 5.69 Å². The van der Waals surface area contributed by atoms with Gasteiger partial charge in [0.15, 0.2) is 0 Å². The summed E-state index contributed by atoms with van der Waals surface area (Å²) in [5, 5.41) is 0. The Labute approximate surface area is 107 Å². The van der Waals surface area contributed by atoms with Crippen LogP contribution >= 0.6 is 0 Å². The van der Waals surface area contributed by atoms with Gasteiger partial charge in [0, 0.05) is 31.5 Å². The summed E-state index contributed by atoms with van der Waals surface area (Å²) in [6.45, 7) is 2.52. The molecule has 0 atom stereocenters. The lowest BCUT2D eigenvalue weighted by atomic mass is 10.0. The van der Waals surface area contributed by atoms with Crippen LogP contribution < -0.4 is 10.6 Å². The van der Waals surface area contributed by atoms with Gasteiger partial charge in [-0.1, -0.05) is 18.2 Å². The molecule has 0 fully saturated rings. The van der Waals surface area contributed by atoms with Crippen LogP contribution in [-0.4, -0.2) is 11.5 Å². The van der Waals surface area contributed by atoms with Crippen LogP contribution in [0.4, 0.5) is 5.69 Å². The van der Waals surface area contributed by atoms with Gasteiger partial charge in [0.25, 0.3) is 0 Å². The quantitative estimate of drug-likeness (QED) is 0.872. The van der Waals surface area contributed by atoms with Crippen molar-refractivity contribution in [3.05, 3.63) is 59.4 Å². The van der Waals surface area contributed by atoms with Crippen LogP contribution in [-0.2, 0) is 19.5 Å². The third kappa shape index (κ3) is 2.09. The van der Waals surface area contributed by atoms with E-state index in [1.165, 1.54) is 16.8 Å². The highest BCUT2D eigenvalue weighted by Gasteiger charge is 2.16. The third-order valence-corrected chi connectivity index (χ3v) is 3.48. The number of fused-ring (bicyclic) bond motifs is 1. The van der Waals surface area contributed by atoms with Gasteiger partial charge in [-0.2, -0.15) is 0 Å². The highest BCUT2D eigenvalue weighted by molar-refractivity contribution is 5.49. The molecule has 0 aliphatic carbocycles. The van der Waals surface area contributed by atoms with Crippen molar-refractivity contribution in [2.75, 3.05) is 11.4 Å². The number of hydrogen-bond donors (Lipinski definition) is 1. The lowest BCUT2D eigenvalue weighted by Gasteiger charge is -2.30. The highest BCUT2D eigenvalue weighted by Crippen LogP contribution is 2.24. The minimum Gasteiger partial charge on any atom is -0.367 e. The first-order valence-electron chi connectivity index (χ1n) is 6.33. The first-order chi connectivity index (χ1) is 8.86. The van der Waals surface area contributed by atoms with Gasteiger partial charge < -0.3 is 10.6 Å². The van der Waals surface area contributed by atoms with E-state index in [2.05, 4.69) is 46.3 Å². The molecule has 1 aliphatic rings. The molecule has 0 radical (unpaired) electrons. The Morgan fingerprint density at radius 2 is 2.00 bits per heavy atom. The number of benzene rings is 1. The predicted octanol–water partition coefficient (Wildman–Crippen LogP) is 2.10. The largest absolute Gasteiger partial charge is 0.367 e. The SMILES string of the molecule is NCc1cc2c(cn1)CCN(c1ccccc1)C2. The van der Waals surface area contributed by atoms with Crippen LogP contribution in [0.3, 0.4) is 0 Å². The Morgan fingerprint density at radius 1 is 1.17 bits per heavy atom. The summed E-state index contributed by atoms with van der Waals surface area (Å²) in [5.74, 6) is 0. The van der Waals surface area contributed by atoms with E-state index in [9.17, 15) is 0 Å². The maximum atomic E-state index is 5.65. The topological polar surface area (TPSA) is 42.1 Å². The van der Waals surface area contributed by atoms with Crippen LogP contribution in [0.2, 0.25) is 0 Å². The van der Waals surface area contributed by atoms with E-state index in [0.29, 0.717) is 6.54 Å². The molecule has 2 aromatic rings. The van der Waals surface area contributed by atoms with Gasteiger partial charge in [-0.05, 0) is 35.7 Å². The molecule has 3 heteroatoms. The van der Waals surface area contributed by atoms with Crippen molar-refractivity contribution in [1.82, 2.24) is 4.98 Å². The number of nitrogens with two attached hydrogens (primary N) is 1. The van der Waals surface area contributed by atoms with E-state index in [-0.39, 0.29) is 0 Å². The summed E-state index contributed by atoms with van der Waals surface area (Å²) >= 11 is 0. The van der Waals surface area contributed by atoms with Crippen molar-refractivity contribution in [3.8, 4) is 0 Å². The van der Waals surface area contributed by atoms with E-state index in [1.54, 1.807) is 0 Å². The fraction of sp³-hybridized carbons (Fsp3) is 0.267. The fourth-order valence-corrected chi connectivity index (χ4v) is 2.46. The van der Waals surface area contributed by atoms with Crippen molar-refractivity contribution in [2.45, 2.75) is 19.5 Å². The van der Waals surface area contributed by atoms with Crippen LogP contribution in [0.5, 0.6) is 0 Å². The van der Waals surface area contributed by atoms with Crippen LogP contribution in [0, 0.1) is 0 Å². The minimum atomic E-state index is 0.513. The molecule has 0 spiro atoms. The second kappa shape index (κ2) is 4.78. The lowest BCUT2D eigenvalue weighted by molar-refractivity contribution is 0.723. The molecule has 18 heavy (non-hydrogen) atoms. The molecule has 0 saturated heterocycles. The molecule has 3 rings (SSSR count). The molecular weight excluding hydrogens is 222 g/mol. The van der Waals surface area contributed by atoms with Gasteiger partial charge in [0.1, 0.15) is 0 Å². The molecule has 1 aromatic heterocycles. The van der Waals surface area contributed by atoms with Crippen LogP contribution in [0.15, 0.2) is 42.6 Å². The summed E-state index contributed by atoms with van der Waals surface area (Å²) in [6, 6.07) is 12.7. The molecule has 1 aliphatic heterocycles. The molecule has 0 bridgehead atoms. The van der Waals surface area contributed by atoms with Gasteiger partial charge in [0.05, 0.1) is 5.69 Å². The molecule has 3 nitrogen and oxygen atoms in total. The predicted molar refractivity (Wildman–Crippen MR) is 73.3 cm³/mol. The second-order valence-electron chi connectivity index (χ2n) is 4.66. The molecule has 1 aromatic carbocycles. The van der Waals surface area contributed by atoms with Crippen molar-refractivity contribution in [3.63, 3.8) is 0 Å². The van der Waals surface area contributed by atoms with E-state index in [4.69, 9.17) is 5.73 Å². The summed E-state index contributed by atoms with van der Waals surface area (Å²) in [5.41, 5.74) is 10.6. The number of hydrogen-bond acceptors (Lipinski definition) is 3. The summed E-state index contributed by atoms with van der Waals surface area (Å²) in [6.07, 6.45) is 3.04. The molecule has 0 unspecified atom stereocenters. The summed E-state index contributed by atoms with van der Waals surface area (Å²) in [7, 11) is 0. The molecule has 2 N–H and O–H groups in total. The van der Waals surface area contributed by atoms with Gasteiger partial charge >= 0.3 is 0 Å². The van der Waals surface area contributed by atoms with Gasteiger partial charge in [0.2, 0.25) is 0 Å². The van der Waals surface area contributed by atoms with Gasteiger partial charge in [-0.3, -0.25) is 4.98 Å². The monoisotopic (exact) mass is 239 g/mol. The minimum absolute atomic E-state index is 0.513. The van der Waals surface area contributed by atoms with E-state index in [0.717, 1.165) is 25.2 Å². The number of aromatic nitrogens is 1. The maximum absolute atomic E-state index is 5.65. The fourth-order valence-electron chi connectivity index (χ4n) is 2.46. The third-order valence-electron chi connectivity index (χ3n) is 3.48. The molecule has 0 amide bonds. The molecule has 0 saturated carbocycles. The Bertz CT molecular complexity index is 537. The average molecular weight is 239 g/mol. The number of rotatable bonds is 2. The number of para-hydroxylation sites is 1. The lowest BCUT2D eigenvalue weighted by Crippen LogP contribution is -2.30. The standard InChI is InChI=1S/C15H17N3/c16-9-14-8-13-11-18(7-6-12(13)10-17-14)15-4-2-1-3-5-15/h1-5,8,10H,6-7,9,11,16H2. The Hall–Kier alpha value is -1.87. The van der Waals surface area contributed by atoms with Crippen molar-refractivity contribution < 1.29 is 0 Å². The Kier molecular flexibility index (Phi) is 2.99. The van der Waals surface area contributed by atoms with Crippen LogP contribution in [0.25, 0.3) is 0 Å². The first-order valence-corrected chi connectivity index (χ1v) is 6.33. The summed E-state index contributed by atoms with van der Waals surface area (Å²) in [4.78, 5) is 6.77. The Balaban J connectivity index is 1.88. The normalized spacial score (nSPS) is 14.4. The smallest absolute Gasteiger partial charge is 0.0543 e. The first kappa shape index (κ1) is 11.2. The highest BCUT2D eigenvalue weighted by atomic mass is 15.1. The maximum Gasteiger partial charge on any atom is 0.0543 e. The zero-order valence-corrected chi connectivity index (χ0v) is 10.3. The van der Waals surface area contributed by atoms with Crippen LogP contribution in [0.1, 0.15) is 16.8 Å². The molecule has 92 valence electrons. The van der Waals surface area contributed by atoms with E-state index in [1.807, 2.05) is 6.20 Å². The average Bonchev–Trinajstić information content (AvgIpc) is 2.47. The van der Waals surface area contributed by atoms with Crippen molar-refractivity contribution in [2.24, 2.45) is 5.73 Å². The van der Waals surface area contributed by atoms with E-state index >= 15 is 0 Å². The Morgan fingerprint density at radius 3 is 2.78 bits per heavy atom. The van der Waals surface area contributed by atoms with E-state index < -0.39 is 0 Å². The van der Waals surface area contributed by atoms with Gasteiger partial charge in [-0.15, -0.1) is 0 Å². The zero-order chi connectivity index (χ0) is 12.4. The molecule has 2 heterocycles. The van der Waals surface area contributed by atoms with Crippen molar-refractivity contribution in [1.29, 1.82) is 0 Å². The molecular formula is C15H17N3. The van der Waals surface area contributed by atoms with Gasteiger partial charge in [-0.25, -0.2) is 0 Å². The number of nitrogens with zero attached hydrogens (tertiary/aromatic N) is 2. The second-order valence-corrected chi connectivity index (χ2v) is 4.66. The number of anilines is 1.